The molecule has 2 aromatic rings. The first-order valence-electron chi connectivity index (χ1n) is 6.47. The van der Waals surface area contributed by atoms with E-state index in [1.54, 1.807) is 23.2 Å². The fourth-order valence-electron chi connectivity index (χ4n) is 2.03. The Bertz CT molecular complexity index is 624. The van der Waals surface area contributed by atoms with Crippen LogP contribution in [-0.2, 0) is 11.8 Å². The molecule has 2 rings (SSSR count). The minimum atomic E-state index is -0.156. The summed E-state index contributed by atoms with van der Waals surface area (Å²) in [6.45, 7) is 5.78. The Morgan fingerprint density at radius 3 is 2.80 bits per heavy atom. The van der Waals surface area contributed by atoms with Crippen molar-refractivity contribution in [3.8, 4) is 0 Å². The summed E-state index contributed by atoms with van der Waals surface area (Å²) in [5, 5.41) is 7.16. The minimum Gasteiger partial charge on any atom is -0.347 e. The van der Waals surface area contributed by atoms with Gasteiger partial charge in [-0.25, -0.2) is 4.98 Å². The summed E-state index contributed by atoms with van der Waals surface area (Å²) in [6.07, 6.45) is 6.71. The van der Waals surface area contributed by atoms with Crippen molar-refractivity contribution < 1.29 is 4.79 Å². The maximum absolute atomic E-state index is 11.9. The molecule has 6 nitrogen and oxygen atoms in total. The van der Waals surface area contributed by atoms with Crippen LogP contribution in [0.15, 0.2) is 18.5 Å². The standard InChI is InChI=1S/C14H19N5O/c1-9-12(11(3)19(4)18-9)5-6-13(20)17-10(2)14-15-7-8-16-14/h5-8,10H,1-4H3,(H,15,16)(H,17,20)/b6-5+. The van der Waals surface area contributed by atoms with Crippen molar-refractivity contribution in [2.24, 2.45) is 7.05 Å². The summed E-state index contributed by atoms with van der Waals surface area (Å²) in [5.74, 6) is 0.581. The Labute approximate surface area is 117 Å². The largest absolute Gasteiger partial charge is 0.347 e. The lowest BCUT2D eigenvalue weighted by Crippen LogP contribution is -2.25. The van der Waals surface area contributed by atoms with Gasteiger partial charge in [0, 0.05) is 36.8 Å². The molecule has 106 valence electrons. The first-order valence-corrected chi connectivity index (χ1v) is 6.47. The Morgan fingerprint density at radius 1 is 1.50 bits per heavy atom. The zero-order valence-corrected chi connectivity index (χ0v) is 12.1. The van der Waals surface area contributed by atoms with Crippen LogP contribution in [-0.4, -0.2) is 25.7 Å². The third-order valence-electron chi connectivity index (χ3n) is 3.25. The van der Waals surface area contributed by atoms with Crippen LogP contribution >= 0.6 is 0 Å². The number of aryl methyl sites for hydroxylation is 2. The van der Waals surface area contributed by atoms with Gasteiger partial charge < -0.3 is 10.3 Å². The lowest BCUT2D eigenvalue weighted by molar-refractivity contribution is -0.117. The van der Waals surface area contributed by atoms with E-state index in [4.69, 9.17) is 0 Å². The van der Waals surface area contributed by atoms with Gasteiger partial charge in [0.15, 0.2) is 0 Å². The predicted octanol–water partition coefficient (Wildman–Crippen LogP) is 1.65. The molecule has 2 heterocycles. The number of carbonyl (C=O) groups excluding carboxylic acids is 1. The third kappa shape index (κ3) is 2.96. The molecule has 2 aromatic heterocycles. The van der Waals surface area contributed by atoms with Crippen LogP contribution in [0.3, 0.4) is 0 Å². The molecule has 2 N–H and O–H groups in total. The van der Waals surface area contributed by atoms with Gasteiger partial charge in [-0.1, -0.05) is 0 Å². The van der Waals surface area contributed by atoms with E-state index < -0.39 is 0 Å². The van der Waals surface area contributed by atoms with Crippen molar-refractivity contribution in [2.75, 3.05) is 0 Å². The quantitative estimate of drug-likeness (QED) is 0.832. The minimum absolute atomic E-state index is 0.154. The van der Waals surface area contributed by atoms with E-state index in [0.29, 0.717) is 0 Å². The molecule has 1 atom stereocenters. The Hall–Kier alpha value is -2.37. The van der Waals surface area contributed by atoms with Crippen LogP contribution in [0.5, 0.6) is 0 Å². The van der Waals surface area contributed by atoms with Gasteiger partial charge in [-0.3, -0.25) is 9.48 Å². The highest BCUT2D eigenvalue weighted by atomic mass is 16.1. The van der Waals surface area contributed by atoms with Gasteiger partial charge in [0.25, 0.3) is 0 Å². The summed E-state index contributed by atoms with van der Waals surface area (Å²) in [6, 6.07) is -0.154. The number of nitrogens with one attached hydrogen (secondary N) is 2. The highest BCUT2D eigenvalue weighted by Gasteiger charge is 2.10. The summed E-state index contributed by atoms with van der Waals surface area (Å²) in [4.78, 5) is 19.0. The number of H-pyrrole nitrogens is 1. The molecule has 0 aromatic carbocycles. The van der Waals surface area contributed by atoms with Crippen LogP contribution in [0.25, 0.3) is 6.08 Å². The Morgan fingerprint density at radius 2 is 2.25 bits per heavy atom. The SMILES string of the molecule is Cc1nn(C)c(C)c1/C=C/C(=O)NC(C)c1ncc[nH]1. The van der Waals surface area contributed by atoms with E-state index in [1.807, 2.05) is 27.8 Å². The smallest absolute Gasteiger partial charge is 0.244 e. The van der Waals surface area contributed by atoms with E-state index in [2.05, 4.69) is 20.4 Å². The zero-order valence-electron chi connectivity index (χ0n) is 12.1. The molecular formula is C14H19N5O. The second kappa shape index (κ2) is 5.73. The van der Waals surface area contributed by atoms with Crippen LogP contribution in [0, 0.1) is 13.8 Å². The molecule has 0 saturated carbocycles. The van der Waals surface area contributed by atoms with Crippen molar-refractivity contribution in [1.29, 1.82) is 0 Å². The third-order valence-corrected chi connectivity index (χ3v) is 3.25. The molecule has 0 bridgehead atoms. The van der Waals surface area contributed by atoms with Crippen LogP contribution in [0.2, 0.25) is 0 Å². The first kappa shape index (κ1) is 14.0. The van der Waals surface area contributed by atoms with Crippen LogP contribution in [0.4, 0.5) is 0 Å². The summed E-state index contributed by atoms with van der Waals surface area (Å²) in [7, 11) is 1.89. The van der Waals surface area contributed by atoms with Gasteiger partial charge in [-0.05, 0) is 26.8 Å². The highest BCUT2D eigenvalue weighted by Crippen LogP contribution is 2.13. The molecule has 6 heteroatoms. The maximum atomic E-state index is 11.9. The molecule has 0 fully saturated rings. The molecule has 20 heavy (non-hydrogen) atoms. The van der Waals surface area contributed by atoms with E-state index in [9.17, 15) is 4.79 Å². The van der Waals surface area contributed by atoms with Crippen molar-refractivity contribution in [3.05, 3.63) is 41.2 Å². The van der Waals surface area contributed by atoms with Crippen molar-refractivity contribution in [1.82, 2.24) is 25.1 Å². The van der Waals surface area contributed by atoms with Crippen LogP contribution < -0.4 is 5.32 Å². The normalized spacial score (nSPS) is 12.8. The first-order chi connectivity index (χ1) is 9.49. The maximum Gasteiger partial charge on any atom is 0.244 e. The number of aromatic amines is 1. The fourth-order valence-corrected chi connectivity index (χ4v) is 2.03. The second-order valence-electron chi connectivity index (χ2n) is 4.75. The number of amides is 1. The molecule has 1 amide bonds. The van der Waals surface area contributed by atoms with Crippen LogP contribution in [0.1, 0.15) is 35.7 Å². The number of rotatable bonds is 4. The van der Waals surface area contributed by atoms with Gasteiger partial charge in [-0.15, -0.1) is 0 Å². The molecule has 0 spiro atoms. The molecule has 1 unspecified atom stereocenters. The number of hydrogen-bond donors (Lipinski definition) is 2. The summed E-state index contributed by atoms with van der Waals surface area (Å²) >= 11 is 0. The molecular weight excluding hydrogens is 254 g/mol. The Balaban J connectivity index is 2.02. The van der Waals surface area contributed by atoms with Gasteiger partial charge in [-0.2, -0.15) is 5.10 Å². The van der Waals surface area contributed by atoms with E-state index in [-0.39, 0.29) is 11.9 Å². The van der Waals surface area contributed by atoms with Crippen molar-refractivity contribution in [3.63, 3.8) is 0 Å². The number of hydrogen-bond acceptors (Lipinski definition) is 3. The lowest BCUT2D eigenvalue weighted by Gasteiger charge is -2.09. The van der Waals surface area contributed by atoms with Crippen molar-refractivity contribution >= 4 is 12.0 Å². The summed E-state index contributed by atoms with van der Waals surface area (Å²) < 4.78 is 1.80. The van der Waals surface area contributed by atoms with E-state index in [0.717, 1.165) is 22.8 Å². The topological polar surface area (TPSA) is 75.6 Å². The molecule has 0 aliphatic rings. The molecule has 0 aliphatic heterocycles. The second-order valence-corrected chi connectivity index (χ2v) is 4.75. The van der Waals surface area contributed by atoms with Gasteiger partial charge >= 0.3 is 0 Å². The Kier molecular flexibility index (Phi) is 4.02. The lowest BCUT2D eigenvalue weighted by atomic mass is 10.2. The zero-order chi connectivity index (χ0) is 14.7. The highest BCUT2D eigenvalue weighted by molar-refractivity contribution is 5.92. The average Bonchev–Trinajstić information content (AvgIpc) is 2.98. The predicted molar refractivity (Wildman–Crippen MR) is 76.9 cm³/mol. The summed E-state index contributed by atoms with van der Waals surface area (Å²) in [5.41, 5.74) is 2.92. The van der Waals surface area contributed by atoms with E-state index >= 15 is 0 Å². The van der Waals surface area contributed by atoms with Gasteiger partial charge in [0.05, 0.1) is 11.7 Å². The number of carbonyl (C=O) groups is 1. The number of aromatic nitrogens is 4. The number of nitrogens with zero attached hydrogens (tertiary/aromatic N) is 3. The van der Waals surface area contributed by atoms with E-state index in [1.165, 1.54) is 6.08 Å². The monoisotopic (exact) mass is 273 g/mol. The fraction of sp³-hybridized carbons (Fsp3) is 0.357. The molecule has 0 radical (unpaired) electrons. The molecule has 0 saturated heterocycles. The van der Waals surface area contributed by atoms with Gasteiger partial charge in [0.2, 0.25) is 5.91 Å². The average molecular weight is 273 g/mol. The van der Waals surface area contributed by atoms with Gasteiger partial charge in [0.1, 0.15) is 5.82 Å². The molecule has 0 aliphatic carbocycles. The number of imidazole rings is 1. The van der Waals surface area contributed by atoms with Crippen molar-refractivity contribution in [2.45, 2.75) is 26.8 Å².